The Bertz CT molecular complexity index is 719. The van der Waals surface area contributed by atoms with Crippen LogP contribution in [0.5, 0.6) is 5.75 Å². The molecule has 1 saturated heterocycles. The lowest BCUT2D eigenvalue weighted by Gasteiger charge is -2.34. The van der Waals surface area contributed by atoms with Gasteiger partial charge in [0.2, 0.25) is 0 Å². The normalized spacial score (nSPS) is 20.1. The Morgan fingerprint density at radius 2 is 2.16 bits per heavy atom. The van der Waals surface area contributed by atoms with E-state index in [0.29, 0.717) is 5.92 Å². The molecule has 1 aromatic heterocycles. The lowest BCUT2D eigenvalue weighted by Crippen LogP contribution is -2.35. The van der Waals surface area contributed by atoms with Crippen molar-refractivity contribution >= 4 is 0 Å². The molecule has 4 rings (SSSR count). The number of benzene rings is 1. The number of aliphatic hydroxyl groups excluding tert-OH is 1. The molecule has 0 amide bonds. The summed E-state index contributed by atoms with van der Waals surface area (Å²) in [4.78, 5) is 6.80. The van der Waals surface area contributed by atoms with Gasteiger partial charge in [0.1, 0.15) is 17.7 Å². The molecule has 25 heavy (non-hydrogen) atoms. The first kappa shape index (κ1) is 16.6. The molecule has 2 aliphatic heterocycles. The molecule has 5 nitrogen and oxygen atoms in total. The molecule has 0 radical (unpaired) electrons. The number of rotatable bonds is 4. The number of aliphatic hydroxyl groups is 1. The van der Waals surface area contributed by atoms with Crippen LogP contribution in [0.4, 0.5) is 0 Å². The fourth-order valence-corrected chi connectivity index (χ4v) is 4.07. The predicted molar refractivity (Wildman–Crippen MR) is 96.4 cm³/mol. The smallest absolute Gasteiger partial charge is 0.137 e. The van der Waals surface area contributed by atoms with Crippen molar-refractivity contribution in [3.05, 3.63) is 47.5 Å². The molecule has 0 spiro atoms. The molecule has 1 N–H and O–H groups in total. The Labute approximate surface area is 149 Å². The topological polar surface area (TPSA) is 50.5 Å². The number of ether oxygens (including phenoxy) is 1. The van der Waals surface area contributed by atoms with E-state index in [1.54, 1.807) is 6.20 Å². The minimum Gasteiger partial charge on any atom is -0.493 e. The minimum absolute atomic E-state index is 0.300. The van der Waals surface area contributed by atoms with Crippen molar-refractivity contribution in [3.8, 4) is 5.75 Å². The SMILES string of the molecule is Cn1ccnc1C(O)C1CCN(Cc2ccc3c(c2)CCCO3)CC1. The number of aryl methyl sites for hydroxylation is 2. The molecule has 3 heterocycles. The van der Waals surface area contributed by atoms with E-state index in [0.717, 1.165) is 63.5 Å². The summed E-state index contributed by atoms with van der Waals surface area (Å²) in [6.07, 6.45) is 7.47. The standard InChI is InChI=1S/C20H27N3O2/c1-22-11-8-21-20(22)19(24)16-6-9-23(10-7-16)14-15-4-5-18-17(13-15)3-2-12-25-18/h4-5,8,11,13,16,19,24H,2-3,6-7,9-10,12,14H2,1H3. The van der Waals surface area contributed by atoms with Crippen LogP contribution in [0.25, 0.3) is 0 Å². The van der Waals surface area contributed by atoms with Crippen LogP contribution in [0, 0.1) is 5.92 Å². The summed E-state index contributed by atoms with van der Waals surface area (Å²) < 4.78 is 7.63. The van der Waals surface area contributed by atoms with E-state index >= 15 is 0 Å². The van der Waals surface area contributed by atoms with Crippen molar-refractivity contribution < 1.29 is 9.84 Å². The van der Waals surface area contributed by atoms with E-state index in [-0.39, 0.29) is 0 Å². The zero-order chi connectivity index (χ0) is 17.2. The zero-order valence-corrected chi connectivity index (χ0v) is 14.9. The number of piperidine rings is 1. The monoisotopic (exact) mass is 341 g/mol. The van der Waals surface area contributed by atoms with E-state index < -0.39 is 6.10 Å². The number of aromatic nitrogens is 2. The summed E-state index contributed by atoms with van der Waals surface area (Å²) in [6, 6.07) is 6.63. The van der Waals surface area contributed by atoms with Crippen molar-refractivity contribution in [3.63, 3.8) is 0 Å². The Balaban J connectivity index is 1.34. The minimum atomic E-state index is -0.456. The van der Waals surface area contributed by atoms with Crippen molar-refractivity contribution in [1.82, 2.24) is 14.5 Å². The Morgan fingerprint density at radius 3 is 2.92 bits per heavy atom. The summed E-state index contributed by atoms with van der Waals surface area (Å²) in [5, 5.41) is 10.6. The van der Waals surface area contributed by atoms with Gasteiger partial charge in [0.15, 0.2) is 0 Å². The predicted octanol–water partition coefficient (Wildman–Crippen LogP) is 2.69. The maximum Gasteiger partial charge on any atom is 0.137 e. The van der Waals surface area contributed by atoms with Gasteiger partial charge in [-0.15, -0.1) is 0 Å². The fourth-order valence-electron chi connectivity index (χ4n) is 4.07. The highest BCUT2D eigenvalue weighted by Gasteiger charge is 2.28. The van der Waals surface area contributed by atoms with Crippen LogP contribution in [0.15, 0.2) is 30.6 Å². The molecule has 0 saturated carbocycles. The highest BCUT2D eigenvalue weighted by molar-refractivity contribution is 5.38. The van der Waals surface area contributed by atoms with Gasteiger partial charge >= 0.3 is 0 Å². The average Bonchev–Trinajstić information content (AvgIpc) is 3.08. The lowest BCUT2D eigenvalue weighted by atomic mass is 9.90. The van der Waals surface area contributed by atoms with Crippen LogP contribution >= 0.6 is 0 Å². The van der Waals surface area contributed by atoms with Crippen LogP contribution in [0.1, 0.15) is 42.3 Å². The van der Waals surface area contributed by atoms with Gasteiger partial charge < -0.3 is 14.4 Å². The van der Waals surface area contributed by atoms with Gasteiger partial charge in [-0.1, -0.05) is 12.1 Å². The van der Waals surface area contributed by atoms with E-state index in [1.165, 1.54) is 11.1 Å². The highest BCUT2D eigenvalue weighted by atomic mass is 16.5. The van der Waals surface area contributed by atoms with Gasteiger partial charge in [-0.3, -0.25) is 4.90 Å². The first-order valence-electron chi connectivity index (χ1n) is 9.33. The third-order valence-corrected chi connectivity index (χ3v) is 5.58. The quantitative estimate of drug-likeness (QED) is 0.929. The molecule has 134 valence electrons. The molecule has 0 aliphatic carbocycles. The lowest BCUT2D eigenvalue weighted by molar-refractivity contribution is 0.0492. The highest BCUT2D eigenvalue weighted by Crippen LogP contribution is 2.31. The number of hydrogen-bond acceptors (Lipinski definition) is 4. The molecular formula is C20H27N3O2. The third kappa shape index (κ3) is 3.58. The van der Waals surface area contributed by atoms with Crippen molar-refractivity contribution in [1.29, 1.82) is 0 Å². The largest absolute Gasteiger partial charge is 0.493 e. The van der Waals surface area contributed by atoms with Gasteiger partial charge in [-0.2, -0.15) is 0 Å². The third-order valence-electron chi connectivity index (χ3n) is 5.58. The zero-order valence-electron chi connectivity index (χ0n) is 14.9. The van der Waals surface area contributed by atoms with E-state index in [4.69, 9.17) is 4.74 Å². The Hall–Kier alpha value is -1.85. The van der Waals surface area contributed by atoms with Gasteiger partial charge in [-0.25, -0.2) is 4.98 Å². The van der Waals surface area contributed by atoms with E-state index in [1.807, 2.05) is 17.8 Å². The molecule has 0 bridgehead atoms. The van der Waals surface area contributed by atoms with Gasteiger partial charge in [0.05, 0.1) is 6.61 Å². The molecular weight excluding hydrogens is 314 g/mol. The van der Waals surface area contributed by atoms with Crippen LogP contribution < -0.4 is 4.74 Å². The summed E-state index contributed by atoms with van der Waals surface area (Å²) in [5.41, 5.74) is 2.72. The number of nitrogens with zero attached hydrogens (tertiary/aromatic N) is 3. The molecule has 1 unspecified atom stereocenters. The molecule has 1 aromatic carbocycles. The maximum atomic E-state index is 10.6. The van der Waals surface area contributed by atoms with Gasteiger partial charge in [0.25, 0.3) is 0 Å². The number of imidazole rings is 1. The first-order valence-corrected chi connectivity index (χ1v) is 9.33. The fraction of sp³-hybridized carbons (Fsp3) is 0.550. The number of hydrogen-bond donors (Lipinski definition) is 1. The maximum absolute atomic E-state index is 10.6. The second-order valence-corrected chi connectivity index (χ2v) is 7.35. The molecule has 5 heteroatoms. The van der Waals surface area contributed by atoms with Crippen molar-refractivity contribution in [2.24, 2.45) is 13.0 Å². The van der Waals surface area contributed by atoms with Crippen LogP contribution in [-0.2, 0) is 20.0 Å². The van der Waals surface area contributed by atoms with E-state index in [9.17, 15) is 5.11 Å². The van der Waals surface area contributed by atoms with Crippen LogP contribution in [0.2, 0.25) is 0 Å². The Kier molecular flexibility index (Phi) is 4.77. The molecule has 2 aromatic rings. The van der Waals surface area contributed by atoms with Gasteiger partial charge in [0, 0.05) is 26.0 Å². The molecule has 2 aliphatic rings. The summed E-state index contributed by atoms with van der Waals surface area (Å²) in [6.45, 7) is 3.89. The summed E-state index contributed by atoms with van der Waals surface area (Å²) in [7, 11) is 1.94. The molecule has 1 fully saturated rings. The van der Waals surface area contributed by atoms with E-state index in [2.05, 4.69) is 28.1 Å². The number of likely N-dealkylation sites (tertiary alicyclic amines) is 1. The first-order chi connectivity index (χ1) is 12.2. The second-order valence-electron chi connectivity index (χ2n) is 7.35. The molecule has 1 atom stereocenters. The summed E-state index contributed by atoms with van der Waals surface area (Å²) >= 11 is 0. The Morgan fingerprint density at radius 1 is 1.32 bits per heavy atom. The van der Waals surface area contributed by atoms with Gasteiger partial charge in [-0.05, 0) is 61.9 Å². The summed E-state index contributed by atoms with van der Waals surface area (Å²) in [5.74, 6) is 2.15. The average molecular weight is 341 g/mol. The van der Waals surface area contributed by atoms with Crippen LogP contribution in [0.3, 0.4) is 0 Å². The van der Waals surface area contributed by atoms with Crippen molar-refractivity contribution in [2.75, 3.05) is 19.7 Å². The van der Waals surface area contributed by atoms with Crippen LogP contribution in [-0.4, -0.2) is 39.3 Å². The second kappa shape index (κ2) is 7.18. The van der Waals surface area contributed by atoms with Crippen molar-refractivity contribution in [2.45, 2.75) is 38.3 Å². The number of fused-ring (bicyclic) bond motifs is 1.